The molecule has 4 aromatic carbocycles. The van der Waals surface area contributed by atoms with E-state index in [0.29, 0.717) is 32.8 Å². The molecule has 1 atom stereocenters. The van der Waals surface area contributed by atoms with Crippen molar-refractivity contribution >= 4 is 0 Å². The predicted molar refractivity (Wildman–Crippen MR) is 202 cm³/mol. The maximum absolute atomic E-state index is 5.97. The molecule has 5 aliphatic rings. The Labute approximate surface area is 308 Å². The number of hydrogen-bond acceptors (Lipinski definition) is 9. The van der Waals surface area contributed by atoms with Gasteiger partial charge >= 0.3 is 0 Å². The normalized spacial score (nSPS) is 20.1. The average Bonchev–Trinajstić information content (AvgIpc) is 3.14. The highest BCUT2D eigenvalue weighted by Gasteiger charge is 2.35. The summed E-state index contributed by atoms with van der Waals surface area (Å²) in [5.41, 5.74) is 11.0. The van der Waals surface area contributed by atoms with E-state index in [1.165, 1.54) is 50.1 Å². The Bertz CT molecular complexity index is 1830. The lowest BCUT2D eigenvalue weighted by Gasteiger charge is -2.36. The van der Waals surface area contributed by atoms with Crippen LogP contribution in [0, 0.1) is 12.8 Å². The molecule has 0 saturated carbocycles. The van der Waals surface area contributed by atoms with Gasteiger partial charge in [0.25, 0.3) is 0 Å². The summed E-state index contributed by atoms with van der Waals surface area (Å²) in [6.07, 6.45) is 1.10. The molecule has 1 unspecified atom stereocenters. The lowest BCUT2D eigenvalue weighted by Crippen LogP contribution is -2.32. The third-order valence-electron chi connectivity index (χ3n) is 11.2. The molecule has 0 aliphatic carbocycles. The summed E-state index contributed by atoms with van der Waals surface area (Å²) in [4.78, 5) is 8.75. The molecule has 9 rings (SSSR count). The van der Waals surface area contributed by atoms with E-state index >= 15 is 0 Å². The molecule has 0 radical (unpaired) electrons. The van der Waals surface area contributed by atoms with Crippen LogP contribution in [0.1, 0.15) is 63.9 Å². The highest BCUT2D eigenvalue weighted by atomic mass is 16.5. The SMILES string of the molecule is CN1COc2ccc(C(C)(c3ccc4c(c3)CN(C)CO4)c3ccc4c(c3)CN(C)CO4)cc2C1.Cc1c2c(cc3c1OCN(C)C3)OCC(C)C2. The Morgan fingerprint density at radius 1 is 0.538 bits per heavy atom. The van der Waals surface area contributed by atoms with Crippen LogP contribution in [0.15, 0.2) is 60.7 Å². The van der Waals surface area contributed by atoms with E-state index in [9.17, 15) is 0 Å². The van der Waals surface area contributed by atoms with Crippen molar-refractivity contribution in [2.24, 2.45) is 5.92 Å². The standard InChI is InChI=1S/C29H33N3O3.C14H19NO2/c1-29(23-5-8-26-20(11-23)14-30(2)17-33-26,24-6-9-27-21(12-24)15-31(3)18-34-27)25-7-10-28-22(13-25)16-32(4)19-35-28;1-9-4-12-10(2)14-11(5-13(12)16-7-9)6-15(3)8-17-14/h5-13H,14-19H2,1-4H3;5,9H,4,6-8H2,1-3H3. The molecule has 0 bridgehead atoms. The summed E-state index contributed by atoms with van der Waals surface area (Å²) in [6.45, 7) is 13.7. The van der Waals surface area contributed by atoms with E-state index in [0.717, 1.165) is 68.0 Å². The lowest BCUT2D eigenvalue weighted by molar-refractivity contribution is 0.119. The van der Waals surface area contributed by atoms with Crippen LogP contribution in [0.25, 0.3) is 0 Å². The predicted octanol–water partition coefficient (Wildman–Crippen LogP) is 6.73. The second-order valence-corrected chi connectivity index (χ2v) is 15.8. The number of rotatable bonds is 3. The van der Waals surface area contributed by atoms with Gasteiger partial charge in [-0.15, -0.1) is 0 Å². The Balaban J connectivity index is 0.000000190. The van der Waals surface area contributed by atoms with Gasteiger partial charge in [-0.05, 0) is 119 Å². The molecular formula is C43H52N4O5. The Morgan fingerprint density at radius 3 is 1.42 bits per heavy atom. The van der Waals surface area contributed by atoms with Gasteiger partial charge in [-0.3, -0.25) is 19.6 Å². The van der Waals surface area contributed by atoms with Crippen LogP contribution >= 0.6 is 0 Å². The Kier molecular flexibility index (Phi) is 9.32. The van der Waals surface area contributed by atoms with E-state index in [-0.39, 0.29) is 5.41 Å². The maximum Gasteiger partial charge on any atom is 0.142 e. The van der Waals surface area contributed by atoms with Crippen LogP contribution in [0.3, 0.4) is 0 Å². The molecule has 0 saturated heterocycles. The minimum Gasteiger partial charge on any atom is -0.493 e. The van der Waals surface area contributed by atoms with Crippen LogP contribution in [-0.2, 0) is 38.0 Å². The van der Waals surface area contributed by atoms with Gasteiger partial charge in [0.1, 0.15) is 55.7 Å². The number of benzene rings is 4. The highest BCUT2D eigenvalue weighted by Crippen LogP contribution is 2.44. The van der Waals surface area contributed by atoms with E-state index in [4.69, 9.17) is 23.7 Å². The zero-order valence-electron chi connectivity index (χ0n) is 31.8. The van der Waals surface area contributed by atoms with Crippen molar-refractivity contribution in [2.45, 2.75) is 58.8 Å². The monoisotopic (exact) mass is 704 g/mol. The van der Waals surface area contributed by atoms with Crippen molar-refractivity contribution in [3.63, 3.8) is 0 Å². The molecule has 5 heterocycles. The molecule has 0 fully saturated rings. The number of nitrogens with zero attached hydrogens (tertiary/aromatic N) is 4. The molecular weight excluding hydrogens is 652 g/mol. The quantitative estimate of drug-likeness (QED) is 0.216. The van der Waals surface area contributed by atoms with Crippen molar-refractivity contribution in [2.75, 3.05) is 61.7 Å². The van der Waals surface area contributed by atoms with Crippen LogP contribution in [-0.4, -0.2) is 81.3 Å². The molecule has 0 N–H and O–H groups in total. The van der Waals surface area contributed by atoms with E-state index < -0.39 is 0 Å². The maximum atomic E-state index is 5.97. The van der Waals surface area contributed by atoms with Gasteiger partial charge in [-0.2, -0.15) is 0 Å². The van der Waals surface area contributed by atoms with Crippen molar-refractivity contribution in [1.29, 1.82) is 0 Å². The fourth-order valence-electron chi connectivity index (χ4n) is 8.24. The van der Waals surface area contributed by atoms with Gasteiger partial charge in [0.15, 0.2) is 0 Å². The summed E-state index contributed by atoms with van der Waals surface area (Å²) in [7, 11) is 8.35. The first-order chi connectivity index (χ1) is 25.0. The van der Waals surface area contributed by atoms with Crippen molar-refractivity contribution in [1.82, 2.24) is 19.6 Å². The molecule has 0 aromatic heterocycles. The highest BCUT2D eigenvalue weighted by molar-refractivity contribution is 5.57. The summed E-state index contributed by atoms with van der Waals surface area (Å²) in [5, 5.41) is 0. The summed E-state index contributed by atoms with van der Waals surface area (Å²) in [5.74, 6) is 5.70. The van der Waals surface area contributed by atoms with Gasteiger partial charge in [0.2, 0.25) is 0 Å². The summed E-state index contributed by atoms with van der Waals surface area (Å²) >= 11 is 0. The lowest BCUT2D eigenvalue weighted by atomic mass is 9.70. The van der Waals surface area contributed by atoms with E-state index in [1.54, 1.807) is 0 Å². The summed E-state index contributed by atoms with van der Waals surface area (Å²) in [6, 6.07) is 22.3. The molecule has 52 heavy (non-hydrogen) atoms. The van der Waals surface area contributed by atoms with Crippen LogP contribution in [0.5, 0.6) is 28.7 Å². The van der Waals surface area contributed by atoms with Crippen molar-refractivity contribution in [3.05, 3.63) is 111 Å². The number of ether oxygens (including phenoxy) is 5. The smallest absolute Gasteiger partial charge is 0.142 e. The first kappa shape index (κ1) is 34.8. The van der Waals surface area contributed by atoms with Gasteiger partial charge in [-0.25, -0.2) is 0 Å². The van der Waals surface area contributed by atoms with Gasteiger partial charge in [0.05, 0.1) is 6.61 Å². The third-order valence-corrected chi connectivity index (χ3v) is 11.2. The number of fused-ring (bicyclic) bond motifs is 5. The largest absolute Gasteiger partial charge is 0.493 e. The van der Waals surface area contributed by atoms with E-state index in [1.807, 2.05) is 0 Å². The second-order valence-electron chi connectivity index (χ2n) is 15.8. The fraction of sp³-hybridized carbons (Fsp3) is 0.442. The third kappa shape index (κ3) is 6.60. The van der Waals surface area contributed by atoms with Crippen molar-refractivity contribution < 1.29 is 23.7 Å². The molecule has 9 heteroatoms. The number of hydrogen-bond donors (Lipinski definition) is 0. The van der Waals surface area contributed by atoms with Gasteiger partial charge in [-0.1, -0.05) is 25.1 Å². The first-order valence-corrected chi connectivity index (χ1v) is 18.5. The van der Waals surface area contributed by atoms with Gasteiger partial charge < -0.3 is 23.7 Å². The molecule has 5 aliphatic heterocycles. The Hall–Kier alpha value is -4.28. The first-order valence-electron chi connectivity index (χ1n) is 18.5. The van der Waals surface area contributed by atoms with Crippen molar-refractivity contribution in [3.8, 4) is 28.7 Å². The van der Waals surface area contributed by atoms with Gasteiger partial charge in [0, 0.05) is 59.4 Å². The van der Waals surface area contributed by atoms with Crippen LogP contribution in [0.4, 0.5) is 0 Å². The van der Waals surface area contributed by atoms with E-state index in [2.05, 4.69) is 129 Å². The average molecular weight is 705 g/mol. The zero-order chi connectivity index (χ0) is 36.1. The fourth-order valence-corrected chi connectivity index (χ4v) is 8.24. The molecule has 0 amide bonds. The summed E-state index contributed by atoms with van der Waals surface area (Å²) < 4.78 is 29.6. The second kappa shape index (κ2) is 13.9. The Morgan fingerprint density at radius 2 is 0.962 bits per heavy atom. The molecule has 0 spiro atoms. The minimum absolute atomic E-state index is 0.360. The molecule has 9 nitrogen and oxygen atoms in total. The zero-order valence-corrected chi connectivity index (χ0v) is 31.8. The minimum atomic E-state index is -0.360. The molecule has 274 valence electrons. The molecule has 4 aromatic rings. The van der Waals surface area contributed by atoms with Crippen LogP contribution < -0.4 is 23.7 Å². The van der Waals surface area contributed by atoms with Crippen LogP contribution in [0.2, 0.25) is 0 Å². The topological polar surface area (TPSA) is 59.1 Å².